The van der Waals surface area contributed by atoms with E-state index in [1.165, 1.54) is 12.3 Å². The second kappa shape index (κ2) is 6.81. The van der Waals surface area contributed by atoms with Crippen LogP contribution in [0.25, 0.3) is 0 Å². The summed E-state index contributed by atoms with van der Waals surface area (Å²) in [5, 5.41) is 19.7. The lowest BCUT2D eigenvalue weighted by Crippen LogP contribution is -2.78. The third kappa shape index (κ3) is 5.08. The lowest BCUT2D eigenvalue weighted by molar-refractivity contribution is 0.0689. The molecule has 142 valence electrons. The molecular formula is C17H25N5O4. The Bertz CT molecular complexity index is 666. The third-order valence-corrected chi connectivity index (χ3v) is 3.98. The van der Waals surface area contributed by atoms with Crippen LogP contribution in [0.15, 0.2) is 24.4 Å². The molecule has 26 heavy (non-hydrogen) atoms. The van der Waals surface area contributed by atoms with E-state index < -0.39 is 11.6 Å². The van der Waals surface area contributed by atoms with Crippen molar-refractivity contribution in [3.05, 3.63) is 30.1 Å². The molecule has 2 saturated heterocycles. The first-order valence-corrected chi connectivity index (χ1v) is 8.27. The van der Waals surface area contributed by atoms with Crippen molar-refractivity contribution in [2.45, 2.75) is 57.3 Å². The Morgan fingerprint density at radius 1 is 0.962 bits per heavy atom. The average Bonchev–Trinajstić information content (AvgIpc) is 2.43. The number of carbonyl (C=O) groups is 3. The number of hydrogen-bond donors (Lipinski definition) is 5. The van der Waals surface area contributed by atoms with Crippen LogP contribution in [0.4, 0.5) is 9.59 Å². The number of nitrogens with zero attached hydrogens (tertiary/aromatic N) is 1. The number of aromatic nitrogens is 1. The molecule has 4 amide bonds. The summed E-state index contributed by atoms with van der Waals surface area (Å²) in [6.07, 6.45) is 2.76. The maximum atomic E-state index is 11.7. The first-order chi connectivity index (χ1) is 11.9. The van der Waals surface area contributed by atoms with Crippen LogP contribution in [0.3, 0.4) is 0 Å². The predicted molar refractivity (Wildman–Crippen MR) is 94.7 cm³/mol. The first-order valence-electron chi connectivity index (χ1n) is 8.27. The van der Waals surface area contributed by atoms with Crippen molar-refractivity contribution in [1.29, 1.82) is 0 Å². The molecule has 0 radical (unpaired) electrons. The number of nitrogens with one attached hydrogen (secondary N) is 4. The van der Waals surface area contributed by atoms with E-state index in [-0.39, 0.29) is 28.8 Å². The van der Waals surface area contributed by atoms with Gasteiger partial charge in [0.1, 0.15) is 11.4 Å². The highest BCUT2D eigenvalue weighted by atomic mass is 16.4. The van der Waals surface area contributed by atoms with Crippen LogP contribution >= 0.6 is 0 Å². The third-order valence-electron chi connectivity index (χ3n) is 3.98. The van der Waals surface area contributed by atoms with Gasteiger partial charge in [-0.05, 0) is 39.8 Å². The van der Waals surface area contributed by atoms with E-state index in [4.69, 9.17) is 5.11 Å². The van der Waals surface area contributed by atoms with Gasteiger partial charge in [-0.15, -0.1) is 0 Å². The Morgan fingerprint density at radius 3 is 1.77 bits per heavy atom. The highest BCUT2D eigenvalue weighted by Crippen LogP contribution is 2.31. The number of aromatic carboxylic acids is 1. The minimum Gasteiger partial charge on any atom is -0.477 e. The van der Waals surface area contributed by atoms with E-state index in [2.05, 4.69) is 26.3 Å². The number of carboxylic acids is 1. The lowest BCUT2D eigenvalue weighted by atomic mass is 9.79. The Labute approximate surface area is 152 Å². The zero-order valence-corrected chi connectivity index (χ0v) is 15.3. The van der Waals surface area contributed by atoms with Crippen LogP contribution in [0.1, 0.15) is 51.0 Å². The van der Waals surface area contributed by atoms with Gasteiger partial charge >= 0.3 is 18.0 Å². The van der Waals surface area contributed by atoms with Gasteiger partial charge in [-0.2, -0.15) is 0 Å². The number of urea groups is 2. The van der Waals surface area contributed by atoms with Crippen LogP contribution in [-0.2, 0) is 0 Å². The summed E-state index contributed by atoms with van der Waals surface area (Å²) in [6.45, 7) is 7.81. The molecule has 2 fully saturated rings. The van der Waals surface area contributed by atoms with Gasteiger partial charge in [0.2, 0.25) is 0 Å². The summed E-state index contributed by atoms with van der Waals surface area (Å²) < 4.78 is 0. The molecule has 1 aromatic rings. The fourth-order valence-corrected chi connectivity index (χ4v) is 3.47. The van der Waals surface area contributed by atoms with Gasteiger partial charge in [0, 0.05) is 30.1 Å². The quantitative estimate of drug-likeness (QED) is 0.515. The Hall–Kier alpha value is -2.84. The highest BCUT2D eigenvalue weighted by molar-refractivity contribution is 5.85. The minimum atomic E-state index is -0.990. The first kappa shape index (κ1) is 19.5. The molecule has 5 N–H and O–H groups in total. The van der Waals surface area contributed by atoms with Crippen molar-refractivity contribution in [1.82, 2.24) is 26.3 Å². The smallest absolute Gasteiger partial charge is 0.354 e. The van der Waals surface area contributed by atoms with Crippen molar-refractivity contribution in [2.75, 3.05) is 0 Å². The topological polar surface area (TPSA) is 132 Å². The fourth-order valence-electron chi connectivity index (χ4n) is 3.47. The van der Waals surface area contributed by atoms with Crippen molar-refractivity contribution in [2.24, 2.45) is 0 Å². The van der Waals surface area contributed by atoms with Gasteiger partial charge in [0.15, 0.2) is 0 Å². The molecule has 3 heterocycles. The van der Waals surface area contributed by atoms with Crippen molar-refractivity contribution in [3.63, 3.8) is 0 Å². The molecule has 1 spiro atoms. The number of carbonyl (C=O) groups excluding carboxylic acids is 2. The van der Waals surface area contributed by atoms with Crippen molar-refractivity contribution < 1.29 is 19.5 Å². The van der Waals surface area contributed by atoms with Gasteiger partial charge in [-0.1, -0.05) is 6.07 Å². The normalized spacial score (nSPS) is 21.8. The molecule has 2 aliphatic rings. The molecule has 0 unspecified atom stereocenters. The predicted octanol–water partition coefficient (Wildman–Crippen LogP) is 1.43. The second-order valence-corrected chi connectivity index (χ2v) is 7.88. The van der Waals surface area contributed by atoms with E-state index in [1.807, 2.05) is 27.7 Å². The largest absolute Gasteiger partial charge is 0.477 e. The molecule has 0 bridgehead atoms. The number of carboxylic acid groups (broad SMARTS) is 1. The van der Waals surface area contributed by atoms with Crippen LogP contribution in [0.2, 0.25) is 0 Å². The number of rotatable bonds is 1. The zero-order chi connectivity index (χ0) is 19.6. The van der Waals surface area contributed by atoms with E-state index >= 15 is 0 Å². The van der Waals surface area contributed by atoms with Crippen LogP contribution in [0, 0.1) is 0 Å². The molecule has 9 nitrogen and oxygen atoms in total. The molecule has 0 aliphatic carbocycles. The van der Waals surface area contributed by atoms with Crippen LogP contribution < -0.4 is 21.3 Å². The maximum Gasteiger partial charge on any atom is 0.354 e. The summed E-state index contributed by atoms with van der Waals surface area (Å²) in [4.78, 5) is 37.1. The summed E-state index contributed by atoms with van der Waals surface area (Å²) in [7, 11) is 0. The summed E-state index contributed by atoms with van der Waals surface area (Å²) in [6, 6.07) is 4.28. The van der Waals surface area contributed by atoms with E-state index in [1.54, 1.807) is 12.1 Å². The molecule has 3 rings (SSSR count). The molecule has 9 heteroatoms. The van der Waals surface area contributed by atoms with E-state index in [0.717, 1.165) is 0 Å². The van der Waals surface area contributed by atoms with Gasteiger partial charge in [0.05, 0.1) is 0 Å². The molecular weight excluding hydrogens is 338 g/mol. The standard InChI is InChI=1S/C11H20N4O2.C6H5NO2/c1-9(2)5-11(14-7(16)12-9)6-10(3,4)13-8(17)15-11;8-6(9)5-3-1-2-4-7-5/h5-6H2,1-4H3,(H2,12,14,16)(H2,13,15,17);1-4H,(H,8,9). The molecule has 0 atom stereocenters. The zero-order valence-electron chi connectivity index (χ0n) is 15.3. The summed E-state index contributed by atoms with van der Waals surface area (Å²) in [5.74, 6) is -0.990. The maximum absolute atomic E-state index is 11.7. The van der Waals surface area contributed by atoms with Gasteiger partial charge in [0.25, 0.3) is 0 Å². The Kier molecular flexibility index (Phi) is 5.11. The molecule has 2 aliphatic heterocycles. The lowest BCUT2D eigenvalue weighted by Gasteiger charge is -2.51. The molecule has 1 aromatic heterocycles. The minimum absolute atomic E-state index is 0.0810. The van der Waals surface area contributed by atoms with Crippen LogP contribution in [-0.4, -0.2) is 44.9 Å². The van der Waals surface area contributed by atoms with Gasteiger partial charge < -0.3 is 26.4 Å². The number of pyridine rings is 1. The Balaban J connectivity index is 0.000000228. The van der Waals surface area contributed by atoms with Gasteiger partial charge in [-0.25, -0.2) is 19.4 Å². The average molecular weight is 363 g/mol. The molecule has 0 aromatic carbocycles. The van der Waals surface area contributed by atoms with E-state index in [0.29, 0.717) is 12.8 Å². The SMILES string of the molecule is CC1(C)CC2(CC(C)(C)NC(=O)N2)NC(=O)N1.O=C(O)c1ccccn1. The summed E-state index contributed by atoms with van der Waals surface area (Å²) in [5.41, 5.74) is -1.23. The monoisotopic (exact) mass is 363 g/mol. The molecule has 0 saturated carbocycles. The summed E-state index contributed by atoms with van der Waals surface area (Å²) >= 11 is 0. The number of hydrogen-bond acceptors (Lipinski definition) is 4. The Morgan fingerprint density at radius 2 is 1.46 bits per heavy atom. The van der Waals surface area contributed by atoms with Crippen molar-refractivity contribution >= 4 is 18.0 Å². The second-order valence-electron chi connectivity index (χ2n) is 7.88. The van der Waals surface area contributed by atoms with Crippen molar-refractivity contribution in [3.8, 4) is 0 Å². The van der Waals surface area contributed by atoms with Gasteiger partial charge in [-0.3, -0.25) is 0 Å². The van der Waals surface area contributed by atoms with Crippen LogP contribution in [0.5, 0.6) is 0 Å². The highest BCUT2D eigenvalue weighted by Gasteiger charge is 2.49. The fraction of sp³-hybridized carbons (Fsp3) is 0.529. The number of amides is 4. The van der Waals surface area contributed by atoms with E-state index in [9.17, 15) is 14.4 Å².